The Balaban J connectivity index is 1.67. The van der Waals surface area contributed by atoms with E-state index in [9.17, 15) is 0 Å². The molecule has 2 aromatic rings. The Kier molecular flexibility index (Phi) is 3.83. The lowest BCUT2D eigenvalue weighted by molar-refractivity contribution is 0.198. The van der Waals surface area contributed by atoms with Crippen molar-refractivity contribution in [2.45, 2.75) is 32.2 Å². The molecule has 3 rings (SSSR count). The highest BCUT2D eigenvalue weighted by Crippen LogP contribution is 2.26. The number of hydrogen-bond acceptors (Lipinski definition) is 3. The minimum absolute atomic E-state index is 0.570. The van der Waals surface area contributed by atoms with Crippen LogP contribution in [0, 0.1) is 6.92 Å². The second-order valence-corrected chi connectivity index (χ2v) is 5.80. The highest BCUT2D eigenvalue weighted by Gasteiger charge is 2.22. The monoisotopic (exact) mass is 270 g/mol. The van der Waals surface area contributed by atoms with E-state index in [0.717, 1.165) is 18.8 Å². The molecular formula is C16H22N4. The van der Waals surface area contributed by atoms with E-state index in [1.165, 1.54) is 30.6 Å². The molecule has 0 aromatic carbocycles. The van der Waals surface area contributed by atoms with Crippen molar-refractivity contribution in [1.82, 2.24) is 19.7 Å². The maximum absolute atomic E-state index is 4.70. The summed E-state index contributed by atoms with van der Waals surface area (Å²) in [5.74, 6) is 0.570. The molecule has 0 N–H and O–H groups in total. The van der Waals surface area contributed by atoms with E-state index in [1.54, 1.807) is 0 Å². The zero-order chi connectivity index (χ0) is 13.9. The smallest absolute Gasteiger partial charge is 0.0534 e. The van der Waals surface area contributed by atoms with Crippen molar-refractivity contribution in [3.05, 3.63) is 47.5 Å². The summed E-state index contributed by atoms with van der Waals surface area (Å²) in [6, 6.07) is 6.36. The first-order valence-electron chi connectivity index (χ1n) is 7.34. The van der Waals surface area contributed by atoms with Gasteiger partial charge in [-0.05, 0) is 38.4 Å². The van der Waals surface area contributed by atoms with Gasteiger partial charge in [0.05, 0.1) is 6.20 Å². The number of hydrogen-bond donors (Lipinski definition) is 0. The topological polar surface area (TPSA) is 34.0 Å². The molecule has 1 aliphatic rings. The number of rotatable bonds is 3. The molecule has 0 unspecified atom stereocenters. The summed E-state index contributed by atoms with van der Waals surface area (Å²) >= 11 is 0. The number of aryl methyl sites for hydroxylation is 2. The van der Waals surface area contributed by atoms with E-state index in [1.807, 2.05) is 17.9 Å². The predicted octanol–water partition coefficient (Wildman–Crippen LogP) is 2.50. The third-order valence-electron chi connectivity index (χ3n) is 4.00. The van der Waals surface area contributed by atoms with E-state index in [4.69, 9.17) is 4.98 Å². The van der Waals surface area contributed by atoms with Crippen LogP contribution in [-0.2, 0) is 13.6 Å². The van der Waals surface area contributed by atoms with Gasteiger partial charge in [0.15, 0.2) is 0 Å². The molecule has 1 atom stereocenters. The molecule has 0 bridgehead atoms. The lowest BCUT2D eigenvalue weighted by atomic mass is 9.94. The Morgan fingerprint density at radius 2 is 2.25 bits per heavy atom. The molecular weight excluding hydrogens is 248 g/mol. The van der Waals surface area contributed by atoms with E-state index in [2.05, 4.69) is 41.3 Å². The van der Waals surface area contributed by atoms with Gasteiger partial charge < -0.3 is 0 Å². The lowest BCUT2D eigenvalue weighted by Gasteiger charge is -2.32. The molecule has 1 saturated heterocycles. The van der Waals surface area contributed by atoms with Crippen molar-refractivity contribution in [1.29, 1.82) is 0 Å². The highest BCUT2D eigenvalue weighted by molar-refractivity contribution is 5.15. The first-order chi connectivity index (χ1) is 9.70. The SMILES string of the molecule is Cc1cccc([C@H]2CCCN(Cc3cnn(C)c3)C2)n1. The second kappa shape index (κ2) is 5.75. The van der Waals surface area contributed by atoms with Crippen molar-refractivity contribution >= 4 is 0 Å². The highest BCUT2D eigenvalue weighted by atomic mass is 15.2. The summed E-state index contributed by atoms with van der Waals surface area (Å²) in [6.07, 6.45) is 6.57. The van der Waals surface area contributed by atoms with Gasteiger partial charge in [-0.2, -0.15) is 5.10 Å². The molecule has 4 heteroatoms. The van der Waals surface area contributed by atoms with Crippen LogP contribution >= 0.6 is 0 Å². The van der Waals surface area contributed by atoms with Gasteiger partial charge in [-0.25, -0.2) is 0 Å². The molecule has 106 valence electrons. The third-order valence-corrected chi connectivity index (χ3v) is 4.00. The quantitative estimate of drug-likeness (QED) is 0.859. The van der Waals surface area contributed by atoms with Crippen LogP contribution in [0.1, 0.15) is 35.7 Å². The van der Waals surface area contributed by atoms with Crippen molar-refractivity contribution in [3.8, 4) is 0 Å². The maximum Gasteiger partial charge on any atom is 0.0534 e. The van der Waals surface area contributed by atoms with E-state index in [-0.39, 0.29) is 0 Å². The Bertz CT molecular complexity index is 575. The van der Waals surface area contributed by atoms with Gasteiger partial charge in [0.25, 0.3) is 0 Å². The molecule has 0 amide bonds. The Hall–Kier alpha value is -1.68. The van der Waals surface area contributed by atoms with Gasteiger partial charge in [0, 0.05) is 49.2 Å². The standard InChI is InChI=1S/C16H22N4/c1-13-5-3-7-16(18-13)15-6-4-8-20(12-15)11-14-9-17-19(2)10-14/h3,5,7,9-10,15H,4,6,8,11-12H2,1-2H3/t15-/m0/s1. The Morgan fingerprint density at radius 1 is 1.35 bits per heavy atom. The fourth-order valence-electron chi connectivity index (χ4n) is 3.04. The van der Waals surface area contributed by atoms with Crippen molar-refractivity contribution in [2.24, 2.45) is 7.05 Å². The number of nitrogens with zero attached hydrogens (tertiary/aromatic N) is 4. The van der Waals surface area contributed by atoms with Crippen LogP contribution in [0.25, 0.3) is 0 Å². The predicted molar refractivity (Wildman–Crippen MR) is 79.4 cm³/mol. The average molecular weight is 270 g/mol. The first kappa shape index (κ1) is 13.3. The second-order valence-electron chi connectivity index (χ2n) is 5.80. The lowest BCUT2D eigenvalue weighted by Crippen LogP contribution is -2.34. The van der Waals surface area contributed by atoms with Crippen molar-refractivity contribution < 1.29 is 0 Å². The number of aromatic nitrogens is 3. The molecule has 0 radical (unpaired) electrons. The minimum atomic E-state index is 0.570. The summed E-state index contributed by atoms with van der Waals surface area (Å²) < 4.78 is 1.87. The van der Waals surface area contributed by atoms with E-state index >= 15 is 0 Å². The van der Waals surface area contributed by atoms with E-state index in [0.29, 0.717) is 5.92 Å². The molecule has 1 fully saturated rings. The molecule has 3 heterocycles. The van der Waals surface area contributed by atoms with Crippen LogP contribution in [0.4, 0.5) is 0 Å². The minimum Gasteiger partial charge on any atom is -0.298 e. The molecule has 4 nitrogen and oxygen atoms in total. The number of piperidine rings is 1. The Morgan fingerprint density at radius 3 is 3.00 bits per heavy atom. The first-order valence-corrected chi connectivity index (χ1v) is 7.34. The molecule has 0 saturated carbocycles. The molecule has 0 aliphatic carbocycles. The Labute approximate surface area is 120 Å². The van der Waals surface area contributed by atoms with Crippen LogP contribution in [-0.4, -0.2) is 32.8 Å². The van der Waals surface area contributed by atoms with Crippen molar-refractivity contribution in [3.63, 3.8) is 0 Å². The van der Waals surface area contributed by atoms with Gasteiger partial charge in [0.1, 0.15) is 0 Å². The zero-order valence-corrected chi connectivity index (χ0v) is 12.3. The largest absolute Gasteiger partial charge is 0.298 e. The molecule has 0 spiro atoms. The molecule has 1 aliphatic heterocycles. The van der Waals surface area contributed by atoms with Gasteiger partial charge in [-0.15, -0.1) is 0 Å². The molecule has 20 heavy (non-hydrogen) atoms. The average Bonchev–Trinajstić information content (AvgIpc) is 2.84. The van der Waals surface area contributed by atoms with Gasteiger partial charge in [0.2, 0.25) is 0 Å². The van der Waals surface area contributed by atoms with E-state index < -0.39 is 0 Å². The van der Waals surface area contributed by atoms with Crippen LogP contribution in [0.2, 0.25) is 0 Å². The number of pyridine rings is 1. The zero-order valence-electron chi connectivity index (χ0n) is 12.3. The fourth-order valence-corrected chi connectivity index (χ4v) is 3.04. The number of likely N-dealkylation sites (tertiary alicyclic amines) is 1. The molecule has 2 aromatic heterocycles. The summed E-state index contributed by atoms with van der Waals surface area (Å²) in [5.41, 5.74) is 3.66. The van der Waals surface area contributed by atoms with Gasteiger partial charge in [-0.3, -0.25) is 14.6 Å². The van der Waals surface area contributed by atoms with Gasteiger partial charge >= 0.3 is 0 Å². The summed E-state index contributed by atoms with van der Waals surface area (Å²) in [6.45, 7) is 5.35. The normalized spacial score (nSPS) is 20.2. The van der Waals surface area contributed by atoms with Crippen molar-refractivity contribution in [2.75, 3.05) is 13.1 Å². The summed E-state index contributed by atoms with van der Waals surface area (Å²) in [5, 5.41) is 4.25. The van der Waals surface area contributed by atoms with Gasteiger partial charge in [-0.1, -0.05) is 6.07 Å². The third kappa shape index (κ3) is 3.07. The maximum atomic E-state index is 4.70. The van der Waals surface area contributed by atoms with Crippen LogP contribution in [0.5, 0.6) is 0 Å². The van der Waals surface area contributed by atoms with Crippen LogP contribution in [0.15, 0.2) is 30.6 Å². The van der Waals surface area contributed by atoms with Crippen LogP contribution < -0.4 is 0 Å². The summed E-state index contributed by atoms with van der Waals surface area (Å²) in [4.78, 5) is 7.22. The summed E-state index contributed by atoms with van der Waals surface area (Å²) in [7, 11) is 1.97. The fraction of sp³-hybridized carbons (Fsp3) is 0.500. The van der Waals surface area contributed by atoms with Crippen LogP contribution in [0.3, 0.4) is 0 Å².